The molecule has 0 bridgehead atoms. The van der Waals surface area contributed by atoms with E-state index in [4.69, 9.17) is 9.57 Å². The zero-order valence-electron chi connectivity index (χ0n) is 8.84. The predicted octanol–water partition coefficient (Wildman–Crippen LogP) is 2.02. The van der Waals surface area contributed by atoms with Crippen LogP contribution >= 0.6 is 0 Å². The summed E-state index contributed by atoms with van der Waals surface area (Å²) < 4.78 is 5.40. The Balaban J connectivity index is 1.62. The molecule has 1 unspecified atom stereocenters. The van der Waals surface area contributed by atoms with Gasteiger partial charge in [0.2, 0.25) is 0 Å². The van der Waals surface area contributed by atoms with E-state index in [0.29, 0.717) is 12.1 Å². The number of hydrogen-bond donors (Lipinski definition) is 1. The number of hydrogen-bond acceptors (Lipinski definition) is 3. The third-order valence-corrected chi connectivity index (χ3v) is 3.16. The van der Waals surface area contributed by atoms with Crippen LogP contribution in [0.4, 0.5) is 0 Å². The highest BCUT2D eigenvalue weighted by molar-refractivity contribution is 4.69. The van der Waals surface area contributed by atoms with E-state index in [1.54, 1.807) is 0 Å². The van der Waals surface area contributed by atoms with E-state index < -0.39 is 0 Å². The summed E-state index contributed by atoms with van der Waals surface area (Å²) in [6, 6.07) is 0.512. The predicted molar refractivity (Wildman–Crippen MR) is 54.9 cm³/mol. The molecule has 1 aliphatic heterocycles. The molecular weight excluding hydrogens is 178 g/mol. The van der Waals surface area contributed by atoms with Gasteiger partial charge in [-0.1, -0.05) is 12.8 Å². The second kappa shape index (κ2) is 5.69. The first-order valence-corrected chi connectivity index (χ1v) is 5.94. The van der Waals surface area contributed by atoms with Crippen LogP contribution in [0.3, 0.4) is 0 Å². The van der Waals surface area contributed by atoms with E-state index >= 15 is 0 Å². The number of nitrogens with one attached hydrogen (secondary N) is 1. The molecule has 1 aliphatic carbocycles. The average Bonchev–Trinajstić information content (AvgIpc) is 2.58. The van der Waals surface area contributed by atoms with Gasteiger partial charge in [-0.15, -0.1) is 0 Å². The molecule has 0 spiro atoms. The lowest BCUT2D eigenvalue weighted by molar-refractivity contribution is -0.0431. The van der Waals surface area contributed by atoms with Crippen LogP contribution in [-0.4, -0.2) is 25.4 Å². The summed E-state index contributed by atoms with van der Waals surface area (Å²) >= 11 is 0. The average molecular weight is 199 g/mol. The molecule has 14 heavy (non-hydrogen) atoms. The molecule has 0 aromatic heterocycles. The van der Waals surface area contributed by atoms with Crippen molar-refractivity contribution >= 4 is 0 Å². The summed E-state index contributed by atoms with van der Waals surface area (Å²) in [6.07, 6.45) is 9.04. The molecule has 2 aliphatic rings. The van der Waals surface area contributed by atoms with Gasteiger partial charge in [0, 0.05) is 19.3 Å². The van der Waals surface area contributed by atoms with Gasteiger partial charge in [0.1, 0.15) is 0 Å². The van der Waals surface area contributed by atoms with Gasteiger partial charge >= 0.3 is 0 Å². The molecule has 0 amide bonds. The molecular formula is C11H21NO2. The van der Waals surface area contributed by atoms with Crippen LogP contribution in [0.15, 0.2) is 0 Å². The van der Waals surface area contributed by atoms with Crippen molar-refractivity contribution in [3.8, 4) is 0 Å². The van der Waals surface area contributed by atoms with Gasteiger partial charge in [0.25, 0.3) is 0 Å². The number of rotatable bonds is 3. The molecule has 0 aromatic carbocycles. The highest BCUT2D eigenvalue weighted by Crippen LogP contribution is 2.20. The van der Waals surface area contributed by atoms with Crippen molar-refractivity contribution in [2.45, 2.75) is 57.1 Å². The molecule has 82 valence electrons. The van der Waals surface area contributed by atoms with Crippen molar-refractivity contribution in [1.29, 1.82) is 0 Å². The molecule has 3 nitrogen and oxygen atoms in total. The molecule has 1 saturated heterocycles. The fourth-order valence-corrected chi connectivity index (χ4v) is 2.22. The maximum absolute atomic E-state index is 5.69. The quantitative estimate of drug-likeness (QED) is 0.705. The molecule has 2 fully saturated rings. The summed E-state index contributed by atoms with van der Waals surface area (Å²) in [5, 5.41) is 0. The van der Waals surface area contributed by atoms with Gasteiger partial charge in [0.05, 0.1) is 6.10 Å². The Bertz CT molecular complexity index is 149. The smallest absolute Gasteiger partial charge is 0.0790 e. The van der Waals surface area contributed by atoms with Crippen molar-refractivity contribution in [1.82, 2.24) is 5.48 Å². The Morgan fingerprint density at radius 1 is 0.929 bits per heavy atom. The fourth-order valence-electron chi connectivity index (χ4n) is 2.22. The largest absolute Gasteiger partial charge is 0.381 e. The van der Waals surface area contributed by atoms with Crippen LogP contribution in [-0.2, 0) is 9.57 Å². The summed E-state index contributed by atoms with van der Waals surface area (Å²) in [4.78, 5) is 5.69. The number of hydroxylamine groups is 1. The van der Waals surface area contributed by atoms with Crippen molar-refractivity contribution in [2.75, 3.05) is 13.2 Å². The van der Waals surface area contributed by atoms with Gasteiger partial charge in [-0.05, 0) is 32.1 Å². The first kappa shape index (κ1) is 10.4. The second-order valence-electron chi connectivity index (χ2n) is 4.38. The Kier molecular flexibility index (Phi) is 4.22. The van der Waals surface area contributed by atoms with Crippen LogP contribution in [0.2, 0.25) is 0 Å². The maximum Gasteiger partial charge on any atom is 0.0790 e. The van der Waals surface area contributed by atoms with Crippen molar-refractivity contribution in [3.63, 3.8) is 0 Å². The Hall–Kier alpha value is -0.120. The Morgan fingerprint density at radius 3 is 2.64 bits per heavy atom. The minimum absolute atomic E-state index is 0.471. The monoisotopic (exact) mass is 199 g/mol. The normalized spacial score (nSPS) is 30.4. The van der Waals surface area contributed by atoms with E-state index in [0.717, 1.165) is 26.1 Å². The lowest BCUT2D eigenvalue weighted by Crippen LogP contribution is -2.32. The molecule has 2 rings (SSSR count). The zero-order valence-corrected chi connectivity index (χ0v) is 8.84. The third-order valence-electron chi connectivity index (χ3n) is 3.16. The number of ether oxygens (including phenoxy) is 1. The van der Waals surface area contributed by atoms with Crippen LogP contribution in [0, 0.1) is 0 Å². The van der Waals surface area contributed by atoms with Gasteiger partial charge < -0.3 is 4.74 Å². The molecule has 3 heteroatoms. The van der Waals surface area contributed by atoms with E-state index in [-0.39, 0.29) is 0 Å². The van der Waals surface area contributed by atoms with E-state index in [1.807, 2.05) is 0 Å². The van der Waals surface area contributed by atoms with Gasteiger partial charge in [-0.25, -0.2) is 0 Å². The molecule has 1 atom stereocenters. The molecule has 0 aromatic rings. The minimum atomic E-state index is 0.471. The highest BCUT2D eigenvalue weighted by atomic mass is 16.7. The fraction of sp³-hybridized carbons (Fsp3) is 1.00. The van der Waals surface area contributed by atoms with Crippen molar-refractivity contribution in [3.05, 3.63) is 0 Å². The Labute approximate surface area is 86.1 Å². The summed E-state index contributed by atoms with van der Waals surface area (Å²) in [5.74, 6) is 0. The molecule has 1 heterocycles. The maximum atomic E-state index is 5.69. The second-order valence-corrected chi connectivity index (χ2v) is 4.38. The van der Waals surface area contributed by atoms with Crippen molar-refractivity contribution < 1.29 is 9.57 Å². The van der Waals surface area contributed by atoms with Crippen LogP contribution in [0.5, 0.6) is 0 Å². The SMILES string of the molecule is C1COCCC(NOC2CCCC2)C1. The van der Waals surface area contributed by atoms with Crippen molar-refractivity contribution in [2.24, 2.45) is 0 Å². The van der Waals surface area contributed by atoms with Gasteiger partial charge in [-0.3, -0.25) is 4.84 Å². The van der Waals surface area contributed by atoms with Crippen LogP contribution in [0.25, 0.3) is 0 Å². The summed E-state index contributed by atoms with van der Waals surface area (Å²) in [5.41, 5.74) is 3.22. The van der Waals surface area contributed by atoms with E-state index in [1.165, 1.54) is 32.1 Å². The van der Waals surface area contributed by atoms with E-state index in [2.05, 4.69) is 5.48 Å². The zero-order chi connectivity index (χ0) is 9.64. The summed E-state index contributed by atoms with van der Waals surface area (Å²) in [7, 11) is 0. The Morgan fingerprint density at radius 2 is 1.79 bits per heavy atom. The van der Waals surface area contributed by atoms with Gasteiger partial charge in [-0.2, -0.15) is 5.48 Å². The lowest BCUT2D eigenvalue weighted by atomic mass is 10.1. The molecule has 1 saturated carbocycles. The molecule has 0 radical (unpaired) electrons. The van der Waals surface area contributed by atoms with Crippen LogP contribution < -0.4 is 5.48 Å². The lowest BCUT2D eigenvalue weighted by Gasteiger charge is -2.18. The van der Waals surface area contributed by atoms with Crippen LogP contribution in [0.1, 0.15) is 44.9 Å². The molecule has 1 N–H and O–H groups in total. The standard InChI is InChI=1S/C11H21NO2/c1-2-6-11(5-1)14-12-10-4-3-8-13-9-7-10/h10-12H,1-9H2. The summed E-state index contributed by atoms with van der Waals surface area (Å²) in [6.45, 7) is 1.80. The first-order chi connectivity index (χ1) is 6.95. The van der Waals surface area contributed by atoms with Gasteiger partial charge in [0.15, 0.2) is 0 Å². The first-order valence-electron chi connectivity index (χ1n) is 5.94. The topological polar surface area (TPSA) is 30.5 Å². The minimum Gasteiger partial charge on any atom is -0.381 e. The van der Waals surface area contributed by atoms with E-state index in [9.17, 15) is 0 Å². The highest BCUT2D eigenvalue weighted by Gasteiger charge is 2.18. The third kappa shape index (κ3) is 3.23.